The Morgan fingerprint density at radius 2 is 2.22 bits per heavy atom. The molecule has 0 saturated heterocycles. The predicted octanol–water partition coefficient (Wildman–Crippen LogP) is -0.147. The largest absolute Gasteiger partial charge is 0.297 e. The van der Waals surface area contributed by atoms with Gasteiger partial charge < -0.3 is 0 Å². The molecule has 0 fully saturated rings. The highest BCUT2D eigenvalue weighted by atomic mass is 32.2. The van der Waals surface area contributed by atoms with Gasteiger partial charge in [0.2, 0.25) is 0 Å². The summed E-state index contributed by atoms with van der Waals surface area (Å²) in [6.07, 6.45) is 1.34. The molecule has 0 aliphatic heterocycles. The van der Waals surface area contributed by atoms with E-state index in [-0.39, 0.29) is 12.4 Å². The Morgan fingerprint density at radius 1 is 1.78 bits per heavy atom. The van der Waals surface area contributed by atoms with Gasteiger partial charge in [0.25, 0.3) is 0 Å². The molecule has 0 heterocycles. The van der Waals surface area contributed by atoms with Crippen LogP contribution in [0.5, 0.6) is 0 Å². The first-order chi connectivity index (χ1) is 3.92. The second-order valence-electron chi connectivity index (χ2n) is 1.89. The Labute approximate surface area is 55.2 Å². The van der Waals surface area contributed by atoms with Crippen molar-refractivity contribution in [2.24, 2.45) is 0 Å². The van der Waals surface area contributed by atoms with E-state index in [1.54, 1.807) is 0 Å². The maximum Gasteiger partial charge on any atom is 0.156 e. The highest BCUT2D eigenvalue weighted by molar-refractivity contribution is 7.95. The summed E-state index contributed by atoms with van der Waals surface area (Å²) in [6, 6.07) is 0. The third-order valence-electron chi connectivity index (χ3n) is 0.511. The van der Waals surface area contributed by atoms with Crippen LogP contribution in [0.15, 0.2) is 0 Å². The van der Waals surface area contributed by atoms with E-state index in [1.807, 2.05) is 0 Å². The van der Waals surface area contributed by atoms with Gasteiger partial charge in [-0.3, -0.25) is 8.98 Å². The average molecular weight is 150 g/mol. The Balaban J connectivity index is 3.67. The van der Waals surface area contributed by atoms with Gasteiger partial charge in [-0.05, 0) is 12.8 Å². The number of Topliss-reactive ketones (excluding diaryl/α,β-unsaturated/α-hetero) is 1. The molecule has 3 nitrogen and oxygen atoms in total. The number of carbonyl (C=O) groups is 1. The first-order valence-electron chi connectivity index (χ1n) is 2.38. The van der Waals surface area contributed by atoms with Gasteiger partial charge in [0.1, 0.15) is 6.61 Å². The van der Waals surface area contributed by atoms with Crippen LogP contribution in [0, 0.1) is 0 Å². The Bertz CT molecular complexity index is 190. The SMILES string of the molecule is C=S(C)(=O)OCC(C)=O. The van der Waals surface area contributed by atoms with Crippen molar-refractivity contribution in [2.45, 2.75) is 6.92 Å². The van der Waals surface area contributed by atoms with Crippen molar-refractivity contribution >= 4 is 21.5 Å². The summed E-state index contributed by atoms with van der Waals surface area (Å²) in [4.78, 5) is 10.2. The van der Waals surface area contributed by atoms with Crippen molar-refractivity contribution in [3.8, 4) is 0 Å². The molecule has 1 unspecified atom stereocenters. The van der Waals surface area contributed by atoms with Crippen molar-refractivity contribution in [1.82, 2.24) is 0 Å². The Morgan fingerprint density at radius 3 is 2.33 bits per heavy atom. The standard InChI is InChI=1S/C5H10O3S/c1-5(6)4-8-9(2,3)7/h2,4H2,1,3H3. The van der Waals surface area contributed by atoms with Crippen LogP contribution in [0.1, 0.15) is 6.92 Å². The van der Waals surface area contributed by atoms with Crippen LogP contribution in [-0.4, -0.2) is 28.7 Å². The molecule has 0 rings (SSSR count). The number of ketones is 1. The lowest BCUT2D eigenvalue weighted by Gasteiger charge is -1.99. The normalized spacial score (nSPS) is 16.7. The highest BCUT2D eigenvalue weighted by Gasteiger charge is 1.96. The minimum atomic E-state index is -2.44. The lowest BCUT2D eigenvalue weighted by Crippen LogP contribution is -2.09. The van der Waals surface area contributed by atoms with Crippen molar-refractivity contribution in [3.63, 3.8) is 0 Å². The molecule has 0 aromatic carbocycles. The smallest absolute Gasteiger partial charge is 0.156 e. The van der Waals surface area contributed by atoms with Gasteiger partial charge >= 0.3 is 0 Å². The molecule has 0 aliphatic rings. The fourth-order valence-corrected chi connectivity index (χ4v) is 0.623. The zero-order valence-corrected chi connectivity index (χ0v) is 6.36. The van der Waals surface area contributed by atoms with E-state index in [9.17, 15) is 9.00 Å². The molecule has 9 heavy (non-hydrogen) atoms. The van der Waals surface area contributed by atoms with Crippen LogP contribution < -0.4 is 0 Å². The predicted molar refractivity (Wildman–Crippen MR) is 37.8 cm³/mol. The van der Waals surface area contributed by atoms with E-state index < -0.39 is 9.80 Å². The van der Waals surface area contributed by atoms with Crippen LogP contribution in [0.25, 0.3) is 0 Å². The molecular formula is C5H10O3S. The molecule has 0 N–H and O–H groups in total. The summed E-state index contributed by atoms with van der Waals surface area (Å²) in [5.41, 5.74) is 0. The first kappa shape index (κ1) is 8.65. The van der Waals surface area contributed by atoms with Gasteiger partial charge in [0.15, 0.2) is 5.78 Å². The molecule has 0 amide bonds. The van der Waals surface area contributed by atoms with Crippen LogP contribution in [0.2, 0.25) is 0 Å². The fraction of sp³-hybridized carbons (Fsp3) is 0.600. The first-order valence-corrected chi connectivity index (χ1v) is 4.44. The zero-order valence-electron chi connectivity index (χ0n) is 5.55. The third kappa shape index (κ3) is 7.65. The molecule has 0 aliphatic carbocycles. The number of hydrogen-bond acceptors (Lipinski definition) is 3. The van der Waals surface area contributed by atoms with E-state index in [4.69, 9.17) is 0 Å². The van der Waals surface area contributed by atoms with Gasteiger partial charge in [0, 0.05) is 6.26 Å². The lowest BCUT2D eigenvalue weighted by molar-refractivity contribution is -0.118. The molecule has 0 saturated carbocycles. The van der Waals surface area contributed by atoms with E-state index in [1.165, 1.54) is 13.2 Å². The van der Waals surface area contributed by atoms with Crippen LogP contribution in [0.4, 0.5) is 0 Å². The number of rotatable bonds is 3. The minimum Gasteiger partial charge on any atom is -0.297 e. The van der Waals surface area contributed by atoms with Crippen molar-refractivity contribution in [1.29, 1.82) is 0 Å². The molecule has 0 aromatic heterocycles. The maximum atomic E-state index is 10.6. The molecule has 1 atom stereocenters. The quantitative estimate of drug-likeness (QED) is 0.526. The Hall–Kier alpha value is -0.350. The van der Waals surface area contributed by atoms with Crippen LogP contribution in [0.3, 0.4) is 0 Å². The lowest BCUT2D eigenvalue weighted by atomic mass is 10.5. The van der Waals surface area contributed by atoms with E-state index in [2.05, 4.69) is 10.1 Å². The topological polar surface area (TPSA) is 43.4 Å². The van der Waals surface area contributed by atoms with Crippen molar-refractivity contribution in [2.75, 3.05) is 12.9 Å². The van der Waals surface area contributed by atoms with Crippen LogP contribution in [-0.2, 0) is 18.8 Å². The molecular weight excluding hydrogens is 140 g/mol. The highest BCUT2D eigenvalue weighted by Crippen LogP contribution is 1.85. The molecule has 0 radical (unpaired) electrons. The summed E-state index contributed by atoms with van der Waals surface area (Å²) >= 11 is 0. The maximum absolute atomic E-state index is 10.6. The zero-order chi connectivity index (χ0) is 7.49. The summed E-state index contributed by atoms with van der Waals surface area (Å²) in [6.45, 7) is 1.25. The summed E-state index contributed by atoms with van der Waals surface area (Å²) in [7, 11) is -2.44. The molecule has 54 valence electrons. The number of carbonyl (C=O) groups excluding carboxylic acids is 1. The number of hydrogen-bond donors (Lipinski definition) is 0. The fourth-order valence-electron chi connectivity index (χ4n) is 0.208. The average Bonchev–Trinajstić information content (AvgIpc) is 1.59. The van der Waals surface area contributed by atoms with E-state index >= 15 is 0 Å². The molecule has 4 heteroatoms. The van der Waals surface area contributed by atoms with Crippen molar-refractivity contribution < 1.29 is 13.2 Å². The van der Waals surface area contributed by atoms with Crippen LogP contribution >= 0.6 is 0 Å². The van der Waals surface area contributed by atoms with E-state index in [0.717, 1.165) is 0 Å². The van der Waals surface area contributed by atoms with Gasteiger partial charge in [-0.25, -0.2) is 4.21 Å². The Kier molecular flexibility index (Phi) is 2.87. The van der Waals surface area contributed by atoms with E-state index in [0.29, 0.717) is 0 Å². The molecule has 0 aromatic rings. The summed E-state index contributed by atoms with van der Waals surface area (Å²) in [5, 5.41) is 0. The van der Waals surface area contributed by atoms with Gasteiger partial charge in [-0.1, -0.05) is 0 Å². The van der Waals surface area contributed by atoms with Gasteiger partial charge in [-0.15, -0.1) is 0 Å². The minimum absolute atomic E-state index is 0.112. The molecule has 0 bridgehead atoms. The molecule has 0 spiro atoms. The summed E-state index contributed by atoms with van der Waals surface area (Å²) in [5.74, 6) is 3.05. The van der Waals surface area contributed by atoms with Crippen molar-refractivity contribution in [3.05, 3.63) is 0 Å². The second kappa shape index (κ2) is 2.98. The second-order valence-corrected chi connectivity index (χ2v) is 3.98. The van der Waals surface area contributed by atoms with Gasteiger partial charge in [-0.2, -0.15) is 0 Å². The third-order valence-corrected chi connectivity index (χ3v) is 1.13. The van der Waals surface area contributed by atoms with Gasteiger partial charge in [0.05, 0.1) is 9.80 Å². The summed E-state index contributed by atoms with van der Waals surface area (Å²) < 4.78 is 15.2. The monoisotopic (exact) mass is 150 g/mol.